The van der Waals surface area contributed by atoms with Crippen molar-refractivity contribution in [3.8, 4) is 11.5 Å². The van der Waals surface area contributed by atoms with Gasteiger partial charge in [0.25, 0.3) is 5.91 Å². The summed E-state index contributed by atoms with van der Waals surface area (Å²) in [7, 11) is 0. The second-order valence-corrected chi connectivity index (χ2v) is 6.57. The molecule has 0 saturated carbocycles. The number of carbonyl (C=O) groups excluding carboxylic acids is 1. The summed E-state index contributed by atoms with van der Waals surface area (Å²) >= 11 is 0. The Morgan fingerprint density at radius 3 is 2.37 bits per heavy atom. The molecule has 0 bridgehead atoms. The van der Waals surface area contributed by atoms with E-state index in [0.29, 0.717) is 11.5 Å². The number of amides is 1. The fourth-order valence-electron chi connectivity index (χ4n) is 3.28. The van der Waals surface area contributed by atoms with Crippen LogP contribution < -0.4 is 14.8 Å². The fourth-order valence-corrected chi connectivity index (χ4v) is 3.28. The Hall–Kier alpha value is -3.27. The number of benzene rings is 3. The summed E-state index contributed by atoms with van der Waals surface area (Å²) in [5, 5.41) is 3.15. The normalized spacial score (nSPS) is 16.4. The predicted octanol–water partition coefficient (Wildman–Crippen LogP) is 4.04. The van der Waals surface area contributed by atoms with Crippen LogP contribution in [0.4, 0.5) is 0 Å². The predicted molar refractivity (Wildman–Crippen MR) is 104 cm³/mol. The first-order valence-electron chi connectivity index (χ1n) is 9.02. The van der Waals surface area contributed by atoms with Crippen LogP contribution in [0.15, 0.2) is 78.9 Å². The standard InChI is InChI=1S/C23H21NO3/c1-16-9-5-6-12-18(16)22(17-10-3-2-4-11-17)24-23(25)21-15-26-19-13-7-8-14-20(19)27-21/h2-14,21-22H,15H2,1H3,(H,24,25)/t21-,22-/m0/s1. The molecule has 2 atom stereocenters. The minimum Gasteiger partial charge on any atom is -0.485 e. The first-order chi connectivity index (χ1) is 13.2. The Morgan fingerprint density at radius 2 is 1.59 bits per heavy atom. The minimum atomic E-state index is -0.685. The van der Waals surface area contributed by atoms with E-state index >= 15 is 0 Å². The number of nitrogens with one attached hydrogen (secondary N) is 1. The molecule has 1 heterocycles. The Labute approximate surface area is 158 Å². The van der Waals surface area contributed by atoms with Gasteiger partial charge in [-0.2, -0.15) is 0 Å². The molecular formula is C23H21NO3. The zero-order chi connectivity index (χ0) is 18.6. The lowest BCUT2D eigenvalue weighted by atomic mass is 9.95. The second kappa shape index (κ2) is 7.54. The largest absolute Gasteiger partial charge is 0.485 e. The van der Waals surface area contributed by atoms with E-state index in [1.54, 1.807) is 0 Å². The van der Waals surface area contributed by atoms with Crippen molar-refractivity contribution in [3.63, 3.8) is 0 Å². The molecule has 0 aromatic heterocycles. The summed E-state index contributed by atoms with van der Waals surface area (Å²) in [4.78, 5) is 13.0. The van der Waals surface area contributed by atoms with E-state index in [9.17, 15) is 4.79 Å². The monoisotopic (exact) mass is 359 g/mol. The minimum absolute atomic E-state index is 0.193. The van der Waals surface area contributed by atoms with Crippen molar-refractivity contribution in [2.45, 2.75) is 19.1 Å². The van der Waals surface area contributed by atoms with Crippen LogP contribution >= 0.6 is 0 Å². The van der Waals surface area contributed by atoms with Crippen molar-refractivity contribution in [1.82, 2.24) is 5.32 Å². The number of hydrogen-bond donors (Lipinski definition) is 1. The highest BCUT2D eigenvalue weighted by molar-refractivity contribution is 5.82. The second-order valence-electron chi connectivity index (χ2n) is 6.57. The van der Waals surface area contributed by atoms with E-state index in [2.05, 4.69) is 5.32 Å². The van der Waals surface area contributed by atoms with Gasteiger partial charge >= 0.3 is 0 Å². The average Bonchev–Trinajstić information content (AvgIpc) is 2.73. The number of carbonyl (C=O) groups is 1. The van der Waals surface area contributed by atoms with Gasteiger partial charge in [0.2, 0.25) is 6.10 Å². The smallest absolute Gasteiger partial charge is 0.265 e. The van der Waals surface area contributed by atoms with Gasteiger partial charge in [-0.3, -0.25) is 4.79 Å². The number of para-hydroxylation sites is 2. The third kappa shape index (κ3) is 3.65. The molecule has 4 heteroatoms. The van der Waals surface area contributed by atoms with Gasteiger partial charge in [0, 0.05) is 0 Å². The number of rotatable bonds is 4. The van der Waals surface area contributed by atoms with Crippen molar-refractivity contribution < 1.29 is 14.3 Å². The summed E-state index contributed by atoms with van der Waals surface area (Å²) in [6.45, 7) is 2.24. The zero-order valence-corrected chi connectivity index (χ0v) is 15.1. The maximum absolute atomic E-state index is 13.0. The van der Waals surface area contributed by atoms with E-state index in [1.165, 1.54) is 0 Å². The van der Waals surface area contributed by atoms with Crippen molar-refractivity contribution in [2.75, 3.05) is 6.61 Å². The molecule has 0 spiro atoms. The number of ether oxygens (including phenoxy) is 2. The number of fused-ring (bicyclic) bond motifs is 1. The summed E-state index contributed by atoms with van der Waals surface area (Å²) in [5.41, 5.74) is 3.21. The SMILES string of the molecule is Cc1ccccc1[C@@H](NC(=O)[C@@H]1COc2ccccc2O1)c1ccccc1. The molecule has 4 nitrogen and oxygen atoms in total. The molecule has 1 aliphatic rings. The molecule has 0 fully saturated rings. The first kappa shape index (κ1) is 17.2. The van der Waals surface area contributed by atoms with E-state index in [1.807, 2.05) is 85.8 Å². The Balaban J connectivity index is 1.59. The van der Waals surface area contributed by atoms with Crippen LogP contribution in [0.5, 0.6) is 11.5 Å². The number of aryl methyl sites for hydroxylation is 1. The molecule has 3 aromatic carbocycles. The summed E-state index contributed by atoms with van der Waals surface area (Å²) in [6.07, 6.45) is -0.685. The molecule has 0 saturated heterocycles. The van der Waals surface area contributed by atoms with Crippen LogP contribution in [0.3, 0.4) is 0 Å². The third-order valence-electron chi connectivity index (χ3n) is 4.72. The van der Waals surface area contributed by atoms with Gasteiger partial charge < -0.3 is 14.8 Å². The summed E-state index contributed by atoms with van der Waals surface area (Å²) < 4.78 is 11.5. The zero-order valence-electron chi connectivity index (χ0n) is 15.1. The van der Waals surface area contributed by atoms with Crippen molar-refractivity contribution in [3.05, 3.63) is 95.6 Å². The van der Waals surface area contributed by atoms with Gasteiger partial charge in [-0.1, -0.05) is 66.7 Å². The van der Waals surface area contributed by atoms with Gasteiger partial charge in [-0.15, -0.1) is 0 Å². The summed E-state index contributed by atoms with van der Waals surface area (Å²) in [6, 6.07) is 25.2. The molecule has 0 unspecified atom stereocenters. The van der Waals surface area contributed by atoms with Crippen LogP contribution in [-0.4, -0.2) is 18.6 Å². The highest BCUT2D eigenvalue weighted by Crippen LogP contribution is 2.31. The van der Waals surface area contributed by atoms with Crippen LogP contribution in [0.2, 0.25) is 0 Å². The van der Waals surface area contributed by atoms with Gasteiger partial charge in [-0.05, 0) is 35.7 Å². The van der Waals surface area contributed by atoms with E-state index in [4.69, 9.17) is 9.47 Å². The highest BCUT2D eigenvalue weighted by atomic mass is 16.6. The Bertz CT molecular complexity index is 939. The van der Waals surface area contributed by atoms with Gasteiger partial charge in [0.1, 0.15) is 6.61 Å². The van der Waals surface area contributed by atoms with Gasteiger partial charge in [0.15, 0.2) is 11.5 Å². The Kier molecular flexibility index (Phi) is 4.79. The van der Waals surface area contributed by atoms with Crippen LogP contribution in [0.25, 0.3) is 0 Å². The highest BCUT2D eigenvalue weighted by Gasteiger charge is 2.29. The van der Waals surface area contributed by atoms with E-state index in [-0.39, 0.29) is 18.6 Å². The number of hydrogen-bond acceptors (Lipinski definition) is 3. The molecule has 27 heavy (non-hydrogen) atoms. The lowest BCUT2D eigenvalue weighted by Gasteiger charge is -2.28. The molecule has 1 amide bonds. The van der Waals surface area contributed by atoms with E-state index < -0.39 is 6.10 Å². The van der Waals surface area contributed by atoms with Crippen LogP contribution in [0, 0.1) is 6.92 Å². The quantitative estimate of drug-likeness (QED) is 0.765. The molecule has 4 rings (SSSR count). The average molecular weight is 359 g/mol. The molecule has 0 aliphatic carbocycles. The summed E-state index contributed by atoms with van der Waals surface area (Å²) in [5.74, 6) is 1.07. The molecular weight excluding hydrogens is 338 g/mol. The third-order valence-corrected chi connectivity index (χ3v) is 4.72. The van der Waals surface area contributed by atoms with Crippen molar-refractivity contribution in [1.29, 1.82) is 0 Å². The van der Waals surface area contributed by atoms with Gasteiger partial charge in [-0.25, -0.2) is 0 Å². The molecule has 1 N–H and O–H groups in total. The van der Waals surface area contributed by atoms with Gasteiger partial charge in [0.05, 0.1) is 6.04 Å². The molecule has 1 aliphatic heterocycles. The van der Waals surface area contributed by atoms with E-state index in [0.717, 1.165) is 16.7 Å². The lowest BCUT2D eigenvalue weighted by molar-refractivity contribution is -0.130. The van der Waals surface area contributed by atoms with Crippen molar-refractivity contribution >= 4 is 5.91 Å². The lowest BCUT2D eigenvalue weighted by Crippen LogP contribution is -2.45. The van der Waals surface area contributed by atoms with Crippen LogP contribution in [0.1, 0.15) is 22.7 Å². The van der Waals surface area contributed by atoms with Crippen molar-refractivity contribution in [2.24, 2.45) is 0 Å². The maximum atomic E-state index is 13.0. The van der Waals surface area contributed by atoms with Crippen LogP contribution in [-0.2, 0) is 4.79 Å². The molecule has 0 radical (unpaired) electrons. The Morgan fingerprint density at radius 1 is 0.926 bits per heavy atom. The molecule has 136 valence electrons. The molecule has 3 aromatic rings. The fraction of sp³-hybridized carbons (Fsp3) is 0.174. The maximum Gasteiger partial charge on any atom is 0.265 e. The topological polar surface area (TPSA) is 47.6 Å². The first-order valence-corrected chi connectivity index (χ1v) is 9.02.